The summed E-state index contributed by atoms with van der Waals surface area (Å²) in [5, 5.41) is 6.90. The Morgan fingerprint density at radius 2 is 1.93 bits per heavy atom. The second kappa shape index (κ2) is 7.42. The molecule has 3 amide bonds. The smallest absolute Gasteiger partial charge is 0.274 e. The van der Waals surface area contributed by atoms with E-state index in [1.165, 1.54) is 12.4 Å². The van der Waals surface area contributed by atoms with Crippen LogP contribution < -0.4 is 10.7 Å². The molecule has 4 heterocycles. The van der Waals surface area contributed by atoms with E-state index in [1.54, 1.807) is 6.20 Å². The molecule has 2 fully saturated rings. The maximum absolute atomic E-state index is 12.9. The molecule has 3 aliphatic rings. The van der Waals surface area contributed by atoms with Crippen LogP contribution in [0.2, 0.25) is 0 Å². The summed E-state index contributed by atoms with van der Waals surface area (Å²) in [5.74, 6) is -0.481. The number of carbonyl (C=O) groups is 3. The summed E-state index contributed by atoms with van der Waals surface area (Å²) in [4.78, 5) is 46.6. The molecule has 27 heavy (non-hydrogen) atoms. The molecule has 9 nitrogen and oxygen atoms in total. The summed E-state index contributed by atoms with van der Waals surface area (Å²) in [6.07, 6.45) is 9.58. The lowest BCUT2D eigenvalue weighted by atomic mass is 9.81. The van der Waals surface area contributed by atoms with E-state index in [4.69, 9.17) is 0 Å². The summed E-state index contributed by atoms with van der Waals surface area (Å²) in [5.41, 5.74) is 3.08. The normalized spacial score (nSPS) is 27.4. The number of amides is 3. The molecule has 1 unspecified atom stereocenters. The number of hydrazone groups is 1. The first-order valence-corrected chi connectivity index (χ1v) is 9.37. The average molecular weight is 370 g/mol. The zero-order chi connectivity index (χ0) is 18.8. The lowest BCUT2D eigenvalue weighted by Crippen LogP contribution is -2.59. The number of fused-ring (bicyclic) bond motifs is 2. The molecule has 0 radical (unpaired) electrons. The van der Waals surface area contributed by atoms with Crippen molar-refractivity contribution < 1.29 is 14.4 Å². The number of rotatable bonds is 3. The van der Waals surface area contributed by atoms with Gasteiger partial charge in [-0.1, -0.05) is 0 Å². The Balaban J connectivity index is 1.43. The molecule has 0 saturated carbocycles. The number of aromatic nitrogens is 2. The minimum Gasteiger partial charge on any atom is -0.348 e. The largest absolute Gasteiger partial charge is 0.348 e. The van der Waals surface area contributed by atoms with Gasteiger partial charge in [-0.15, -0.1) is 0 Å². The van der Waals surface area contributed by atoms with Crippen molar-refractivity contribution in [2.45, 2.75) is 63.1 Å². The predicted molar refractivity (Wildman–Crippen MR) is 95.6 cm³/mol. The van der Waals surface area contributed by atoms with E-state index < -0.39 is 0 Å². The first kappa shape index (κ1) is 17.6. The van der Waals surface area contributed by atoms with Crippen LogP contribution in [0.5, 0.6) is 0 Å². The number of hydrogen-bond donors (Lipinski definition) is 2. The summed E-state index contributed by atoms with van der Waals surface area (Å²) in [6, 6.07) is 0.176. The van der Waals surface area contributed by atoms with Crippen molar-refractivity contribution in [1.29, 1.82) is 0 Å². The molecule has 3 aliphatic heterocycles. The van der Waals surface area contributed by atoms with Gasteiger partial charge in [-0.3, -0.25) is 19.4 Å². The maximum atomic E-state index is 12.9. The molecular weight excluding hydrogens is 348 g/mol. The van der Waals surface area contributed by atoms with Crippen LogP contribution in [0, 0.1) is 0 Å². The van der Waals surface area contributed by atoms with Gasteiger partial charge in [0.05, 0.1) is 6.20 Å². The molecule has 2 saturated heterocycles. The second-order valence-corrected chi connectivity index (χ2v) is 7.28. The fourth-order valence-electron chi connectivity index (χ4n) is 4.28. The van der Waals surface area contributed by atoms with Crippen LogP contribution in [0.15, 0.2) is 23.7 Å². The predicted octanol–water partition coefficient (Wildman–Crippen LogP) is 0.385. The topological polar surface area (TPSA) is 117 Å². The Labute approximate surface area is 156 Å². The van der Waals surface area contributed by atoms with Gasteiger partial charge in [0.25, 0.3) is 11.8 Å². The number of nitrogens with zero attached hydrogens (tertiary/aromatic N) is 4. The highest BCUT2D eigenvalue weighted by atomic mass is 16.2. The van der Waals surface area contributed by atoms with Crippen LogP contribution in [-0.4, -0.2) is 56.4 Å². The Kier molecular flexibility index (Phi) is 4.83. The first-order chi connectivity index (χ1) is 13.1. The Bertz CT molecular complexity index is 767. The lowest BCUT2D eigenvalue weighted by Gasteiger charge is -2.48. The third-order valence-corrected chi connectivity index (χ3v) is 5.49. The molecule has 0 spiro atoms. The maximum Gasteiger partial charge on any atom is 0.274 e. The fourth-order valence-corrected chi connectivity index (χ4v) is 4.28. The quantitative estimate of drug-likeness (QED) is 0.798. The molecule has 3 atom stereocenters. The van der Waals surface area contributed by atoms with Gasteiger partial charge in [-0.05, 0) is 32.1 Å². The van der Waals surface area contributed by atoms with Gasteiger partial charge in [0.2, 0.25) is 5.91 Å². The van der Waals surface area contributed by atoms with Gasteiger partial charge in [0.15, 0.2) is 0 Å². The van der Waals surface area contributed by atoms with Gasteiger partial charge >= 0.3 is 0 Å². The van der Waals surface area contributed by atoms with Crippen molar-refractivity contribution in [3.8, 4) is 0 Å². The van der Waals surface area contributed by atoms with E-state index in [9.17, 15) is 14.4 Å². The van der Waals surface area contributed by atoms with E-state index >= 15 is 0 Å². The minimum absolute atomic E-state index is 0.000893. The summed E-state index contributed by atoms with van der Waals surface area (Å²) >= 11 is 0. The van der Waals surface area contributed by atoms with E-state index in [-0.39, 0.29) is 42.3 Å². The zero-order valence-corrected chi connectivity index (χ0v) is 14.9. The van der Waals surface area contributed by atoms with Crippen molar-refractivity contribution in [2.75, 3.05) is 0 Å². The molecule has 0 aromatic carbocycles. The van der Waals surface area contributed by atoms with Gasteiger partial charge in [-0.2, -0.15) is 5.10 Å². The summed E-state index contributed by atoms with van der Waals surface area (Å²) in [6.45, 7) is 0. The number of nitrogens with one attached hydrogen (secondary N) is 2. The molecule has 142 valence electrons. The Hall–Kier alpha value is -2.84. The van der Waals surface area contributed by atoms with Crippen LogP contribution in [0.4, 0.5) is 0 Å². The monoisotopic (exact) mass is 370 g/mol. The van der Waals surface area contributed by atoms with E-state index in [0.717, 1.165) is 19.3 Å². The Morgan fingerprint density at radius 1 is 1.15 bits per heavy atom. The molecular formula is C18H22N6O3. The fraction of sp³-hybridized carbons (Fsp3) is 0.556. The standard InChI is InChI=1S/C18H22N6O3/c25-16-5-4-14(22-23-16)17(26)21-11-8-12-2-1-3-13(9-11)24(12)18(27)15-10-19-6-7-20-15/h6-7,10-13H,1-5,8-9H2,(H,21,26)(H,23,25)/t11?,12-,13+. The highest BCUT2D eigenvalue weighted by molar-refractivity contribution is 6.39. The van der Waals surface area contributed by atoms with Crippen molar-refractivity contribution in [3.05, 3.63) is 24.3 Å². The molecule has 2 N–H and O–H groups in total. The van der Waals surface area contributed by atoms with Crippen LogP contribution >= 0.6 is 0 Å². The molecule has 0 aliphatic carbocycles. The summed E-state index contributed by atoms with van der Waals surface area (Å²) < 4.78 is 0. The SMILES string of the molecule is O=C1CCC(C(=O)NC2C[C@H]3CCC[C@@H](C2)N3C(=O)c2cnccn2)=NN1. The van der Waals surface area contributed by atoms with Gasteiger partial charge < -0.3 is 10.2 Å². The van der Waals surface area contributed by atoms with E-state index in [1.807, 2.05) is 4.90 Å². The van der Waals surface area contributed by atoms with Crippen molar-refractivity contribution in [3.63, 3.8) is 0 Å². The van der Waals surface area contributed by atoms with Crippen molar-refractivity contribution in [2.24, 2.45) is 5.10 Å². The molecule has 1 aromatic rings. The van der Waals surface area contributed by atoms with Crippen LogP contribution in [0.25, 0.3) is 0 Å². The van der Waals surface area contributed by atoms with Crippen molar-refractivity contribution in [1.82, 2.24) is 25.6 Å². The first-order valence-electron chi connectivity index (χ1n) is 9.37. The number of piperidine rings is 2. The van der Waals surface area contributed by atoms with Crippen LogP contribution in [0.1, 0.15) is 55.4 Å². The van der Waals surface area contributed by atoms with Crippen LogP contribution in [0.3, 0.4) is 0 Å². The van der Waals surface area contributed by atoms with Gasteiger partial charge in [0, 0.05) is 43.4 Å². The van der Waals surface area contributed by atoms with Crippen molar-refractivity contribution >= 4 is 23.4 Å². The van der Waals surface area contributed by atoms with Gasteiger partial charge in [0.1, 0.15) is 11.4 Å². The van der Waals surface area contributed by atoms with Crippen LogP contribution in [-0.2, 0) is 9.59 Å². The average Bonchev–Trinajstić information content (AvgIpc) is 2.68. The molecule has 2 bridgehead atoms. The summed E-state index contributed by atoms with van der Waals surface area (Å²) in [7, 11) is 0. The molecule has 1 aromatic heterocycles. The lowest BCUT2D eigenvalue weighted by molar-refractivity contribution is -0.121. The minimum atomic E-state index is -0.230. The van der Waals surface area contributed by atoms with Gasteiger partial charge in [-0.25, -0.2) is 10.4 Å². The third kappa shape index (κ3) is 3.67. The number of hydrogen-bond acceptors (Lipinski definition) is 6. The highest BCUT2D eigenvalue weighted by Crippen LogP contribution is 2.35. The zero-order valence-electron chi connectivity index (χ0n) is 14.9. The third-order valence-electron chi connectivity index (χ3n) is 5.49. The second-order valence-electron chi connectivity index (χ2n) is 7.28. The Morgan fingerprint density at radius 3 is 2.56 bits per heavy atom. The highest BCUT2D eigenvalue weighted by Gasteiger charge is 2.42. The molecule has 4 rings (SSSR count). The number of carbonyl (C=O) groups excluding carboxylic acids is 3. The van der Waals surface area contributed by atoms with E-state index in [0.29, 0.717) is 30.7 Å². The molecule has 9 heteroatoms. The van der Waals surface area contributed by atoms with E-state index in [2.05, 4.69) is 25.8 Å².